The highest BCUT2D eigenvalue weighted by Gasteiger charge is 2.71. The lowest BCUT2D eigenvalue weighted by Crippen LogP contribution is -2.73. The number of carbonyl (C=O) groups is 5. The van der Waals surface area contributed by atoms with Gasteiger partial charge in [0.2, 0.25) is 0 Å². The van der Waals surface area contributed by atoms with E-state index in [0.29, 0.717) is 5.56 Å². The molecule has 6 N–H and O–H groups in total. The van der Waals surface area contributed by atoms with Crippen molar-refractivity contribution >= 4 is 29.6 Å². The molecular formula is C45H51NO13. The molecule has 3 aromatic rings. The summed E-state index contributed by atoms with van der Waals surface area (Å²) in [5, 5.41) is 61.7. The first-order valence-electron chi connectivity index (χ1n) is 19.6. The third-order valence-corrected chi connectivity index (χ3v) is 12.8. The molecule has 59 heavy (non-hydrogen) atoms. The van der Waals surface area contributed by atoms with Gasteiger partial charge in [-0.3, -0.25) is 14.4 Å². The Morgan fingerprint density at radius 2 is 1.41 bits per heavy atom. The SMILES string of the molecule is CC(=O)O[C@H]1C(=O)[C@@]2(C)[C@@H]([C@H](CO)[C@@H](O)C[C@@H]2O)[C@H](OC(=O)c2ccccc2)[C@]2(O)C[C@H](OC(=O)[C@H](O)[C@@H](NC(=O)c3ccccc3)c3ccccc3)C(C)=C1C2(C)C. The second-order valence-corrected chi connectivity index (χ2v) is 16.5. The van der Waals surface area contributed by atoms with E-state index in [9.17, 15) is 44.7 Å². The molecule has 3 aliphatic carbocycles. The molecule has 0 spiro atoms. The van der Waals surface area contributed by atoms with E-state index in [0.717, 1.165) is 6.92 Å². The number of amides is 1. The minimum absolute atomic E-state index is 0.00460. The van der Waals surface area contributed by atoms with Crippen LogP contribution in [0.1, 0.15) is 79.8 Å². The van der Waals surface area contributed by atoms with E-state index >= 15 is 4.79 Å². The maximum atomic E-state index is 15.2. The molecule has 2 saturated carbocycles. The number of nitrogens with one attached hydrogen (secondary N) is 1. The average Bonchev–Trinajstić information content (AvgIpc) is 3.21. The number of aliphatic hydroxyl groups excluding tert-OH is 4. The van der Waals surface area contributed by atoms with Gasteiger partial charge in [0.05, 0.1) is 29.2 Å². The van der Waals surface area contributed by atoms with Crippen molar-refractivity contribution in [3.63, 3.8) is 0 Å². The lowest BCUT2D eigenvalue weighted by Gasteiger charge is -2.62. The highest BCUT2D eigenvalue weighted by atomic mass is 16.6. The van der Waals surface area contributed by atoms with Gasteiger partial charge in [-0.2, -0.15) is 0 Å². The molecule has 1 amide bonds. The Morgan fingerprint density at radius 3 is 1.97 bits per heavy atom. The van der Waals surface area contributed by atoms with Crippen molar-refractivity contribution in [1.82, 2.24) is 5.32 Å². The van der Waals surface area contributed by atoms with Crippen LogP contribution in [0.5, 0.6) is 0 Å². The van der Waals surface area contributed by atoms with Gasteiger partial charge in [-0.15, -0.1) is 0 Å². The van der Waals surface area contributed by atoms with E-state index in [-0.39, 0.29) is 28.7 Å². The quantitative estimate of drug-likeness (QED) is 0.0985. The normalized spacial score (nSPS) is 31.0. The monoisotopic (exact) mass is 813 g/mol. The molecule has 2 fully saturated rings. The molecule has 0 heterocycles. The highest BCUT2D eigenvalue weighted by Crippen LogP contribution is 2.61. The number of benzene rings is 3. The van der Waals surface area contributed by atoms with Crippen LogP contribution < -0.4 is 5.32 Å². The Labute approximate surface area is 341 Å². The van der Waals surface area contributed by atoms with E-state index < -0.39 is 114 Å². The van der Waals surface area contributed by atoms with Crippen molar-refractivity contribution in [1.29, 1.82) is 0 Å². The number of carbonyl (C=O) groups excluding carboxylic acids is 5. The fourth-order valence-electron chi connectivity index (χ4n) is 9.47. The van der Waals surface area contributed by atoms with Crippen LogP contribution in [0, 0.1) is 22.7 Å². The van der Waals surface area contributed by atoms with Gasteiger partial charge >= 0.3 is 17.9 Å². The molecule has 14 nitrogen and oxygen atoms in total. The summed E-state index contributed by atoms with van der Waals surface area (Å²) >= 11 is 0. The van der Waals surface area contributed by atoms with Crippen LogP contribution >= 0.6 is 0 Å². The zero-order valence-corrected chi connectivity index (χ0v) is 33.5. The number of Topliss-reactive ketones (excluding diaryl/α,β-unsaturated/α-hetero) is 1. The second-order valence-electron chi connectivity index (χ2n) is 16.5. The number of hydrogen-bond acceptors (Lipinski definition) is 13. The van der Waals surface area contributed by atoms with Crippen molar-refractivity contribution in [3.05, 3.63) is 119 Å². The standard InChI is InChI=1S/C45H51NO13/c1-24-31(58-42(55)36(51)35(26-15-9-6-10-16-26)46-40(53)27-17-11-7-12-18-27)22-45(56)39(59-41(54)28-19-13-8-14-20-28)34-29(23-47)30(49)21-32(50)44(34,5)38(52)37(57-25(2)48)33(24)43(45,3)4/h6-20,29-32,34-37,39,47,49-51,56H,21-23H2,1-5H3,(H,46,53)/t29-,30+,31+,32+,34+,35+,36-,37-,39+,44-,45-/m1/s1. The Morgan fingerprint density at radius 1 is 0.847 bits per heavy atom. The van der Waals surface area contributed by atoms with Crippen molar-refractivity contribution in [2.75, 3.05) is 6.61 Å². The predicted molar refractivity (Wildman–Crippen MR) is 210 cm³/mol. The molecular weight excluding hydrogens is 762 g/mol. The molecule has 11 atom stereocenters. The summed E-state index contributed by atoms with van der Waals surface area (Å²) in [7, 11) is 0. The van der Waals surface area contributed by atoms with Gasteiger partial charge < -0.3 is 45.1 Å². The molecule has 2 bridgehead atoms. The molecule has 0 radical (unpaired) electrons. The fourth-order valence-corrected chi connectivity index (χ4v) is 9.47. The van der Waals surface area contributed by atoms with Crippen molar-refractivity contribution in [3.8, 4) is 0 Å². The van der Waals surface area contributed by atoms with Gasteiger partial charge in [-0.1, -0.05) is 80.6 Å². The van der Waals surface area contributed by atoms with Crippen molar-refractivity contribution < 1.29 is 63.7 Å². The minimum Gasteiger partial charge on any atom is -0.456 e. The number of aliphatic hydroxyl groups is 5. The van der Waals surface area contributed by atoms with Gasteiger partial charge in [-0.05, 0) is 54.8 Å². The molecule has 314 valence electrons. The van der Waals surface area contributed by atoms with Crippen LogP contribution in [0.3, 0.4) is 0 Å². The van der Waals surface area contributed by atoms with Gasteiger partial charge in [-0.25, -0.2) is 9.59 Å². The summed E-state index contributed by atoms with van der Waals surface area (Å²) in [6.45, 7) is 6.28. The summed E-state index contributed by atoms with van der Waals surface area (Å²) in [5.74, 6) is -7.29. The van der Waals surface area contributed by atoms with Gasteiger partial charge in [0.15, 0.2) is 18.0 Å². The van der Waals surface area contributed by atoms with Crippen LogP contribution in [0.25, 0.3) is 0 Å². The van der Waals surface area contributed by atoms with Gasteiger partial charge in [0.25, 0.3) is 5.91 Å². The topological polar surface area (TPSA) is 226 Å². The van der Waals surface area contributed by atoms with Crippen LogP contribution in [0.15, 0.2) is 102 Å². The predicted octanol–water partition coefficient (Wildman–Crippen LogP) is 3.00. The lowest BCUT2D eigenvalue weighted by molar-refractivity contribution is -0.244. The van der Waals surface area contributed by atoms with E-state index in [1.807, 2.05) is 0 Å². The maximum Gasteiger partial charge on any atom is 0.338 e. The van der Waals surface area contributed by atoms with Crippen LogP contribution in [-0.4, -0.2) is 104 Å². The number of fused-ring (bicyclic) bond motifs is 3. The summed E-state index contributed by atoms with van der Waals surface area (Å²) in [5.41, 5.74) is -5.17. The van der Waals surface area contributed by atoms with E-state index in [1.165, 1.54) is 26.0 Å². The average molecular weight is 814 g/mol. The number of rotatable bonds is 10. The third-order valence-electron chi connectivity index (χ3n) is 12.8. The summed E-state index contributed by atoms with van der Waals surface area (Å²) < 4.78 is 18.0. The Hall–Kier alpha value is -5.25. The van der Waals surface area contributed by atoms with Crippen molar-refractivity contribution in [2.45, 2.75) is 95.7 Å². The molecule has 14 heteroatoms. The zero-order valence-electron chi connectivity index (χ0n) is 33.5. The Kier molecular flexibility index (Phi) is 12.3. The zero-order chi connectivity index (χ0) is 43.0. The van der Waals surface area contributed by atoms with E-state index in [1.54, 1.807) is 92.7 Å². The number of ether oxygens (including phenoxy) is 3. The first-order valence-corrected chi connectivity index (χ1v) is 19.6. The number of hydrogen-bond donors (Lipinski definition) is 6. The van der Waals surface area contributed by atoms with E-state index in [2.05, 4.69) is 5.32 Å². The lowest BCUT2D eigenvalue weighted by atomic mass is 9.46. The first-order chi connectivity index (χ1) is 27.9. The van der Waals surface area contributed by atoms with Crippen LogP contribution in [0.4, 0.5) is 0 Å². The van der Waals surface area contributed by atoms with Gasteiger partial charge in [0.1, 0.15) is 17.8 Å². The highest BCUT2D eigenvalue weighted by molar-refractivity contribution is 5.96. The van der Waals surface area contributed by atoms with Crippen LogP contribution in [-0.2, 0) is 28.6 Å². The summed E-state index contributed by atoms with van der Waals surface area (Å²) in [6.07, 6.45) is -11.1. The summed E-state index contributed by atoms with van der Waals surface area (Å²) in [6, 6.07) is 22.9. The molecule has 0 aliphatic heterocycles. The minimum atomic E-state index is -2.36. The first kappa shape index (κ1) is 43.3. The maximum absolute atomic E-state index is 15.2. The molecule has 0 aromatic heterocycles. The second kappa shape index (κ2) is 16.8. The number of esters is 3. The third kappa shape index (κ3) is 7.71. The fraction of sp³-hybridized carbons (Fsp3) is 0.444. The Balaban J connectivity index is 1.50. The molecule has 0 unspecified atom stereocenters. The largest absolute Gasteiger partial charge is 0.456 e. The molecule has 3 aromatic carbocycles. The smallest absolute Gasteiger partial charge is 0.338 e. The van der Waals surface area contributed by atoms with Gasteiger partial charge in [0, 0.05) is 49.2 Å². The van der Waals surface area contributed by atoms with Crippen molar-refractivity contribution in [2.24, 2.45) is 22.7 Å². The molecule has 0 saturated heterocycles. The molecule has 6 rings (SSSR count). The Bertz CT molecular complexity index is 2090. The van der Waals surface area contributed by atoms with E-state index in [4.69, 9.17) is 14.2 Å². The van der Waals surface area contributed by atoms with Crippen LogP contribution in [0.2, 0.25) is 0 Å². The summed E-state index contributed by atoms with van der Waals surface area (Å²) in [4.78, 5) is 69.6. The molecule has 3 aliphatic rings. The number of ketones is 1.